The van der Waals surface area contributed by atoms with Gasteiger partial charge in [-0.2, -0.15) is 0 Å². The van der Waals surface area contributed by atoms with E-state index in [4.69, 9.17) is 9.84 Å². The van der Waals surface area contributed by atoms with Gasteiger partial charge in [0.1, 0.15) is 0 Å². The summed E-state index contributed by atoms with van der Waals surface area (Å²) in [7, 11) is -3.07. The number of carbonyl (C=O) groups is 1. The van der Waals surface area contributed by atoms with E-state index >= 15 is 0 Å². The molecule has 1 fully saturated rings. The summed E-state index contributed by atoms with van der Waals surface area (Å²) in [6, 6.07) is 0. The van der Waals surface area contributed by atoms with Crippen molar-refractivity contribution >= 4 is 15.8 Å². The van der Waals surface area contributed by atoms with E-state index in [0.29, 0.717) is 0 Å². The summed E-state index contributed by atoms with van der Waals surface area (Å²) < 4.78 is 27.8. The van der Waals surface area contributed by atoms with Crippen LogP contribution >= 0.6 is 0 Å². The summed E-state index contributed by atoms with van der Waals surface area (Å²) >= 11 is 0. The Morgan fingerprint density at radius 2 is 1.80 bits per heavy atom. The van der Waals surface area contributed by atoms with Crippen molar-refractivity contribution in [3.05, 3.63) is 0 Å². The maximum atomic E-state index is 11.2. The molecule has 0 amide bonds. The van der Waals surface area contributed by atoms with Crippen LogP contribution in [0.4, 0.5) is 0 Å². The van der Waals surface area contributed by atoms with Crippen LogP contribution in [0.15, 0.2) is 0 Å². The van der Waals surface area contributed by atoms with Crippen molar-refractivity contribution in [3.8, 4) is 0 Å². The van der Waals surface area contributed by atoms with Crippen LogP contribution in [0, 0.1) is 0 Å². The van der Waals surface area contributed by atoms with Crippen LogP contribution in [-0.2, 0) is 19.4 Å². The zero-order valence-electron chi connectivity index (χ0n) is 8.89. The first kappa shape index (κ1) is 12.4. The molecule has 6 heteroatoms. The van der Waals surface area contributed by atoms with E-state index in [-0.39, 0.29) is 30.5 Å². The molecule has 1 rings (SSSR count). The summed E-state index contributed by atoms with van der Waals surface area (Å²) in [4.78, 5) is 11.1. The lowest BCUT2D eigenvalue weighted by atomic mass is 9.96. The third-order valence-electron chi connectivity index (χ3n) is 2.48. The molecule has 0 bridgehead atoms. The van der Waals surface area contributed by atoms with Crippen LogP contribution in [0.25, 0.3) is 0 Å². The number of sulfone groups is 1. The second-order valence-corrected chi connectivity index (χ2v) is 6.42. The average molecular weight is 236 g/mol. The van der Waals surface area contributed by atoms with Gasteiger partial charge in [0, 0.05) is 12.8 Å². The molecule has 0 aliphatic carbocycles. The highest BCUT2D eigenvalue weighted by molar-refractivity contribution is 7.91. The van der Waals surface area contributed by atoms with Crippen LogP contribution in [0.3, 0.4) is 0 Å². The monoisotopic (exact) mass is 236 g/mol. The first-order chi connectivity index (χ1) is 6.77. The fraction of sp³-hybridized carbons (Fsp3) is 0.889. The quantitative estimate of drug-likeness (QED) is 0.769. The number of carboxylic acids is 1. The number of carboxylic acid groups (broad SMARTS) is 1. The summed E-state index contributed by atoms with van der Waals surface area (Å²) in [6.45, 7) is 3.49. The molecule has 1 heterocycles. The van der Waals surface area contributed by atoms with Crippen LogP contribution in [-0.4, -0.2) is 42.7 Å². The Kier molecular flexibility index (Phi) is 3.40. The largest absolute Gasteiger partial charge is 0.479 e. The molecule has 1 aliphatic rings. The number of hydrogen-bond acceptors (Lipinski definition) is 4. The number of hydrogen-bond donors (Lipinski definition) is 1. The van der Waals surface area contributed by atoms with Crippen LogP contribution in [0.5, 0.6) is 0 Å². The van der Waals surface area contributed by atoms with E-state index in [1.807, 2.05) is 0 Å². The average Bonchev–Trinajstić information content (AvgIpc) is 2.08. The molecule has 15 heavy (non-hydrogen) atoms. The van der Waals surface area contributed by atoms with Crippen molar-refractivity contribution in [3.63, 3.8) is 0 Å². The Balaban J connectivity index is 2.82. The predicted molar refractivity (Wildman–Crippen MR) is 54.5 cm³/mol. The lowest BCUT2D eigenvalue weighted by Crippen LogP contribution is -2.49. The molecule has 5 nitrogen and oxygen atoms in total. The molecule has 0 aromatic heterocycles. The zero-order chi connectivity index (χ0) is 11.7. The summed E-state index contributed by atoms with van der Waals surface area (Å²) in [6.07, 6.45) is -0.131. The number of ether oxygens (including phenoxy) is 1. The second kappa shape index (κ2) is 4.09. The molecule has 1 aliphatic heterocycles. The van der Waals surface area contributed by atoms with Gasteiger partial charge in [-0.3, -0.25) is 0 Å². The van der Waals surface area contributed by atoms with Crippen molar-refractivity contribution < 1.29 is 23.1 Å². The van der Waals surface area contributed by atoms with Gasteiger partial charge in [-0.1, -0.05) is 0 Å². The third kappa shape index (κ3) is 2.92. The Bertz CT molecular complexity index is 330. The zero-order valence-corrected chi connectivity index (χ0v) is 9.71. The molecule has 1 N–H and O–H groups in total. The lowest BCUT2D eigenvalue weighted by Gasteiger charge is -2.34. The standard InChI is InChI=1S/C9H16O5S/c1-7(2)14-9(8(10)11)3-5-15(12,13)6-4-9/h7H,3-6H2,1-2H3,(H,10,11). The number of aliphatic carboxylic acids is 1. The molecular weight excluding hydrogens is 220 g/mol. The Hall–Kier alpha value is -0.620. The first-order valence-electron chi connectivity index (χ1n) is 4.89. The van der Waals surface area contributed by atoms with E-state index < -0.39 is 21.4 Å². The molecule has 0 unspecified atom stereocenters. The molecule has 0 atom stereocenters. The molecule has 88 valence electrons. The van der Waals surface area contributed by atoms with Gasteiger partial charge in [0.2, 0.25) is 0 Å². The maximum Gasteiger partial charge on any atom is 0.336 e. The van der Waals surface area contributed by atoms with Crippen molar-refractivity contribution in [1.29, 1.82) is 0 Å². The first-order valence-corrected chi connectivity index (χ1v) is 6.71. The van der Waals surface area contributed by atoms with Crippen molar-refractivity contribution in [2.24, 2.45) is 0 Å². The molecular formula is C9H16O5S. The Labute approximate surface area is 89.3 Å². The highest BCUT2D eigenvalue weighted by atomic mass is 32.2. The molecule has 0 radical (unpaired) electrons. The topological polar surface area (TPSA) is 80.7 Å². The maximum absolute atomic E-state index is 11.2. The van der Waals surface area contributed by atoms with Gasteiger partial charge in [-0.25, -0.2) is 13.2 Å². The fourth-order valence-electron chi connectivity index (χ4n) is 1.70. The van der Waals surface area contributed by atoms with Gasteiger partial charge < -0.3 is 9.84 Å². The minimum atomic E-state index is -3.07. The molecule has 0 spiro atoms. The van der Waals surface area contributed by atoms with Crippen LogP contribution in [0.2, 0.25) is 0 Å². The van der Waals surface area contributed by atoms with E-state index in [0.717, 1.165) is 0 Å². The van der Waals surface area contributed by atoms with Gasteiger partial charge in [0.15, 0.2) is 15.4 Å². The van der Waals surface area contributed by atoms with E-state index in [2.05, 4.69) is 0 Å². The highest BCUT2D eigenvalue weighted by Gasteiger charge is 2.45. The third-order valence-corrected chi connectivity index (χ3v) is 4.14. The summed E-state index contributed by atoms with van der Waals surface area (Å²) in [5.41, 5.74) is -1.31. The summed E-state index contributed by atoms with van der Waals surface area (Å²) in [5, 5.41) is 9.09. The van der Waals surface area contributed by atoms with Gasteiger partial charge >= 0.3 is 5.97 Å². The smallest absolute Gasteiger partial charge is 0.336 e. The van der Waals surface area contributed by atoms with Crippen molar-refractivity contribution in [2.45, 2.75) is 38.4 Å². The fourth-order valence-corrected chi connectivity index (χ4v) is 3.19. The lowest BCUT2D eigenvalue weighted by molar-refractivity contribution is -0.173. The minimum Gasteiger partial charge on any atom is -0.479 e. The van der Waals surface area contributed by atoms with Crippen LogP contribution in [0.1, 0.15) is 26.7 Å². The van der Waals surface area contributed by atoms with Gasteiger partial charge in [-0.15, -0.1) is 0 Å². The van der Waals surface area contributed by atoms with Gasteiger partial charge in [0.05, 0.1) is 17.6 Å². The molecule has 0 aromatic carbocycles. The highest BCUT2D eigenvalue weighted by Crippen LogP contribution is 2.29. The van der Waals surface area contributed by atoms with Crippen LogP contribution < -0.4 is 0 Å². The SMILES string of the molecule is CC(C)OC1(C(=O)O)CCS(=O)(=O)CC1. The molecule has 0 saturated carbocycles. The summed E-state index contributed by atoms with van der Waals surface area (Å²) in [5.74, 6) is -1.27. The molecule has 1 saturated heterocycles. The minimum absolute atomic E-state index is 0.0445. The van der Waals surface area contributed by atoms with E-state index in [9.17, 15) is 13.2 Å². The molecule has 0 aromatic rings. The Morgan fingerprint density at radius 3 is 2.13 bits per heavy atom. The number of rotatable bonds is 3. The van der Waals surface area contributed by atoms with E-state index in [1.165, 1.54) is 0 Å². The van der Waals surface area contributed by atoms with Crippen molar-refractivity contribution in [2.75, 3.05) is 11.5 Å². The Morgan fingerprint density at radius 1 is 1.33 bits per heavy atom. The van der Waals surface area contributed by atoms with Gasteiger partial charge in [0.25, 0.3) is 0 Å². The second-order valence-electron chi connectivity index (χ2n) is 4.12. The van der Waals surface area contributed by atoms with E-state index in [1.54, 1.807) is 13.8 Å². The van der Waals surface area contributed by atoms with Crippen molar-refractivity contribution in [1.82, 2.24) is 0 Å². The predicted octanol–water partition coefficient (Wildman–Crippen LogP) is 0.443. The normalized spacial score (nSPS) is 23.9. The van der Waals surface area contributed by atoms with Gasteiger partial charge in [-0.05, 0) is 13.8 Å².